The maximum absolute atomic E-state index is 13.2. The van der Waals surface area contributed by atoms with Crippen molar-refractivity contribution >= 4 is 11.8 Å². The molecule has 1 heterocycles. The van der Waals surface area contributed by atoms with Gasteiger partial charge in [0.05, 0.1) is 0 Å². The SMILES string of the molecule is CC(C)C1(CCc2cccc(F)c2)CC(=O)CC(=O)O1. The number of halogens is 1. The predicted octanol–water partition coefficient (Wildman–Crippen LogP) is 3.06. The minimum Gasteiger partial charge on any atom is -0.458 e. The monoisotopic (exact) mass is 278 g/mol. The first kappa shape index (κ1) is 14.7. The molecule has 108 valence electrons. The molecule has 1 aliphatic rings. The second-order valence-corrected chi connectivity index (χ2v) is 5.72. The smallest absolute Gasteiger partial charge is 0.313 e. The summed E-state index contributed by atoms with van der Waals surface area (Å²) in [4.78, 5) is 23.3. The van der Waals surface area contributed by atoms with Crippen molar-refractivity contribution in [3.8, 4) is 0 Å². The molecule has 2 rings (SSSR count). The Morgan fingerprint density at radius 2 is 2.10 bits per heavy atom. The van der Waals surface area contributed by atoms with Gasteiger partial charge in [-0.15, -0.1) is 0 Å². The molecule has 0 aromatic heterocycles. The summed E-state index contributed by atoms with van der Waals surface area (Å²) in [6.45, 7) is 3.88. The molecule has 0 bridgehead atoms. The van der Waals surface area contributed by atoms with Gasteiger partial charge in [0, 0.05) is 6.42 Å². The Kier molecular flexibility index (Phi) is 4.21. The molecule has 1 fully saturated rings. The van der Waals surface area contributed by atoms with E-state index in [1.54, 1.807) is 6.07 Å². The van der Waals surface area contributed by atoms with Crippen molar-refractivity contribution in [1.82, 2.24) is 0 Å². The average molecular weight is 278 g/mol. The lowest BCUT2D eigenvalue weighted by molar-refractivity contribution is -0.177. The summed E-state index contributed by atoms with van der Waals surface area (Å²) in [5, 5.41) is 0. The number of cyclic esters (lactones) is 1. The van der Waals surface area contributed by atoms with Crippen molar-refractivity contribution < 1.29 is 18.7 Å². The van der Waals surface area contributed by atoms with Crippen LogP contribution in [0.2, 0.25) is 0 Å². The molecule has 0 radical (unpaired) electrons. The number of hydrogen-bond donors (Lipinski definition) is 0. The zero-order valence-corrected chi connectivity index (χ0v) is 11.8. The molecule has 1 saturated heterocycles. The molecule has 0 amide bonds. The molecule has 1 atom stereocenters. The largest absolute Gasteiger partial charge is 0.458 e. The van der Waals surface area contributed by atoms with E-state index in [9.17, 15) is 14.0 Å². The van der Waals surface area contributed by atoms with Crippen LogP contribution in [-0.2, 0) is 20.7 Å². The van der Waals surface area contributed by atoms with Gasteiger partial charge in [-0.25, -0.2) is 4.39 Å². The highest BCUT2D eigenvalue weighted by Gasteiger charge is 2.43. The van der Waals surface area contributed by atoms with E-state index in [-0.39, 0.29) is 30.4 Å². The molecular formula is C16H19FO3. The first-order chi connectivity index (χ1) is 9.41. The quantitative estimate of drug-likeness (QED) is 0.628. The predicted molar refractivity (Wildman–Crippen MR) is 72.6 cm³/mol. The van der Waals surface area contributed by atoms with Gasteiger partial charge in [-0.1, -0.05) is 26.0 Å². The van der Waals surface area contributed by atoms with Gasteiger partial charge in [-0.2, -0.15) is 0 Å². The van der Waals surface area contributed by atoms with Gasteiger partial charge in [0.2, 0.25) is 0 Å². The number of rotatable bonds is 4. The Hall–Kier alpha value is -1.71. The van der Waals surface area contributed by atoms with Crippen LogP contribution in [0.1, 0.15) is 38.7 Å². The highest BCUT2D eigenvalue weighted by atomic mass is 19.1. The fourth-order valence-corrected chi connectivity index (χ4v) is 2.65. The Labute approximate surface area is 118 Å². The van der Waals surface area contributed by atoms with Crippen LogP contribution in [0.4, 0.5) is 4.39 Å². The number of ether oxygens (including phenoxy) is 1. The first-order valence-corrected chi connectivity index (χ1v) is 6.89. The number of aryl methyl sites for hydroxylation is 1. The fourth-order valence-electron chi connectivity index (χ4n) is 2.65. The Bertz CT molecular complexity index is 506. The molecule has 1 aromatic rings. The van der Waals surface area contributed by atoms with E-state index >= 15 is 0 Å². The molecule has 20 heavy (non-hydrogen) atoms. The maximum atomic E-state index is 13.2. The normalized spacial score (nSPS) is 23.0. The highest BCUT2D eigenvalue weighted by molar-refractivity contribution is 5.98. The van der Waals surface area contributed by atoms with Gasteiger partial charge < -0.3 is 4.74 Å². The van der Waals surface area contributed by atoms with E-state index in [4.69, 9.17) is 4.74 Å². The molecule has 4 heteroatoms. The van der Waals surface area contributed by atoms with E-state index in [0.29, 0.717) is 12.8 Å². The summed E-state index contributed by atoms with van der Waals surface area (Å²) < 4.78 is 18.7. The summed E-state index contributed by atoms with van der Waals surface area (Å²) in [6, 6.07) is 6.36. The van der Waals surface area contributed by atoms with Gasteiger partial charge in [0.1, 0.15) is 23.6 Å². The molecule has 0 saturated carbocycles. The lowest BCUT2D eigenvalue weighted by Gasteiger charge is -2.39. The Morgan fingerprint density at radius 1 is 1.35 bits per heavy atom. The number of esters is 1. The molecular weight excluding hydrogens is 259 g/mol. The van der Waals surface area contributed by atoms with Crippen molar-refractivity contribution in [3.63, 3.8) is 0 Å². The zero-order valence-electron chi connectivity index (χ0n) is 11.8. The van der Waals surface area contributed by atoms with Crippen LogP contribution >= 0.6 is 0 Å². The summed E-state index contributed by atoms with van der Waals surface area (Å²) in [6.07, 6.45) is 1.24. The standard InChI is InChI=1S/C16H19FO3/c1-11(2)16(10-14(18)9-15(19)20-16)7-6-12-4-3-5-13(17)8-12/h3-5,8,11H,6-7,9-10H2,1-2H3. The molecule has 0 aliphatic carbocycles. The molecule has 0 N–H and O–H groups in total. The van der Waals surface area contributed by atoms with E-state index in [1.807, 2.05) is 19.9 Å². The summed E-state index contributed by atoms with van der Waals surface area (Å²) in [5.41, 5.74) is 0.0951. The van der Waals surface area contributed by atoms with E-state index < -0.39 is 11.6 Å². The van der Waals surface area contributed by atoms with Gasteiger partial charge in [-0.05, 0) is 36.5 Å². The van der Waals surface area contributed by atoms with Crippen LogP contribution in [0.3, 0.4) is 0 Å². The number of carbonyl (C=O) groups excluding carboxylic acids is 2. The van der Waals surface area contributed by atoms with Crippen LogP contribution in [0, 0.1) is 11.7 Å². The second-order valence-electron chi connectivity index (χ2n) is 5.72. The minimum absolute atomic E-state index is 0.0456. The van der Waals surface area contributed by atoms with Crippen LogP contribution in [0.25, 0.3) is 0 Å². The number of Topliss-reactive ketones (excluding diaryl/α,β-unsaturated/α-hetero) is 1. The van der Waals surface area contributed by atoms with E-state index in [0.717, 1.165) is 5.56 Å². The molecule has 1 aromatic carbocycles. The summed E-state index contributed by atoms with van der Waals surface area (Å²) in [5.74, 6) is -0.759. The first-order valence-electron chi connectivity index (χ1n) is 6.89. The van der Waals surface area contributed by atoms with Crippen molar-refractivity contribution in [1.29, 1.82) is 0 Å². The lowest BCUT2D eigenvalue weighted by Crippen LogP contribution is -2.47. The molecule has 1 unspecified atom stereocenters. The minimum atomic E-state index is -0.751. The van der Waals surface area contributed by atoms with Gasteiger partial charge in [0.15, 0.2) is 0 Å². The number of ketones is 1. The van der Waals surface area contributed by atoms with Crippen LogP contribution < -0.4 is 0 Å². The lowest BCUT2D eigenvalue weighted by atomic mass is 9.78. The third-order valence-electron chi connectivity index (χ3n) is 3.93. The van der Waals surface area contributed by atoms with Crippen LogP contribution in [-0.4, -0.2) is 17.4 Å². The Morgan fingerprint density at radius 3 is 2.70 bits per heavy atom. The zero-order chi connectivity index (χ0) is 14.8. The third-order valence-corrected chi connectivity index (χ3v) is 3.93. The van der Waals surface area contributed by atoms with Crippen molar-refractivity contribution in [3.05, 3.63) is 35.6 Å². The Balaban J connectivity index is 2.13. The van der Waals surface area contributed by atoms with E-state index in [1.165, 1.54) is 12.1 Å². The van der Waals surface area contributed by atoms with Gasteiger partial charge in [0.25, 0.3) is 0 Å². The van der Waals surface area contributed by atoms with Crippen molar-refractivity contribution in [2.75, 3.05) is 0 Å². The maximum Gasteiger partial charge on any atom is 0.313 e. The number of hydrogen-bond acceptors (Lipinski definition) is 3. The van der Waals surface area contributed by atoms with Gasteiger partial charge in [-0.3, -0.25) is 9.59 Å². The molecule has 3 nitrogen and oxygen atoms in total. The number of benzene rings is 1. The highest BCUT2D eigenvalue weighted by Crippen LogP contribution is 2.35. The van der Waals surface area contributed by atoms with E-state index in [2.05, 4.69) is 0 Å². The van der Waals surface area contributed by atoms with Crippen molar-refractivity contribution in [2.24, 2.45) is 5.92 Å². The van der Waals surface area contributed by atoms with Crippen LogP contribution in [0.5, 0.6) is 0 Å². The topological polar surface area (TPSA) is 43.4 Å². The second kappa shape index (κ2) is 5.73. The van der Waals surface area contributed by atoms with Crippen LogP contribution in [0.15, 0.2) is 24.3 Å². The third kappa shape index (κ3) is 3.24. The van der Waals surface area contributed by atoms with Crippen molar-refractivity contribution in [2.45, 2.75) is 45.1 Å². The summed E-state index contributed by atoms with van der Waals surface area (Å²) in [7, 11) is 0. The average Bonchev–Trinajstić information content (AvgIpc) is 2.35. The summed E-state index contributed by atoms with van der Waals surface area (Å²) >= 11 is 0. The fraction of sp³-hybridized carbons (Fsp3) is 0.500. The molecule has 1 aliphatic heterocycles. The van der Waals surface area contributed by atoms with Gasteiger partial charge >= 0.3 is 5.97 Å². The molecule has 0 spiro atoms. The number of carbonyl (C=O) groups is 2.